The van der Waals surface area contributed by atoms with Gasteiger partial charge in [0, 0.05) is 62.2 Å². The van der Waals surface area contributed by atoms with Crippen LogP contribution in [0.4, 0.5) is 22.0 Å². The number of aromatic nitrogens is 3. The Kier molecular flexibility index (Phi) is 7.44. The predicted octanol–water partition coefficient (Wildman–Crippen LogP) is 5.57. The number of ether oxygens (including phenoxy) is 1. The SMILES string of the molecule is Cc1c(NC(=O)N2CC3CCC(CC3)C2)cccc1-c1cc(Nc2ccc(C(=O)N3CCOCC3)cn2)c2nccn2c1. The maximum absolute atomic E-state index is 13.3. The first kappa shape index (κ1) is 27.4. The Morgan fingerprint density at radius 1 is 0.930 bits per heavy atom. The van der Waals surface area contributed by atoms with Crippen LogP contribution in [0.5, 0.6) is 0 Å². The monoisotopic (exact) mass is 579 g/mol. The molecule has 4 aliphatic rings. The van der Waals surface area contributed by atoms with Crippen molar-refractivity contribution in [3.63, 3.8) is 0 Å². The largest absolute Gasteiger partial charge is 0.378 e. The maximum Gasteiger partial charge on any atom is 0.321 e. The van der Waals surface area contributed by atoms with Gasteiger partial charge in [-0.25, -0.2) is 14.8 Å². The summed E-state index contributed by atoms with van der Waals surface area (Å²) in [6, 6.07) is 11.7. The maximum atomic E-state index is 13.3. The molecule has 10 nitrogen and oxygen atoms in total. The van der Waals surface area contributed by atoms with Gasteiger partial charge in [-0.2, -0.15) is 0 Å². The van der Waals surface area contributed by atoms with Gasteiger partial charge in [-0.3, -0.25) is 4.79 Å². The number of rotatable bonds is 5. The molecule has 10 heteroatoms. The number of nitrogens with one attached hydrogen (secondary N) is 2. The molecule has 4 aromatic rings. The smallest absolute Gasteiger partial charge is 0.321 e. The number of benzene rings is 1. The second-order valence-electron chi connectivity index (χ2n) is 12.0. The Bertz CT molecular complexity index is 1620. The van der Waals surface area contributed by atoms with E-state index >= 15 is 0 Å². The molecule has 0 radical (unpaired) electrons. The van der Waals surface area contributed by atoms with Crippen molar-refractivity contribution in [3.8, 4) is 11.1 Å². The van der Waals surface area contributed by atoms with Gasteiger partial charge in [-0.15, -0.1) is 0 Å². The third-order valence-corrected chi connectivity index (χ3v) is 9.16. The van der Waals surface area contributed by atoms with Crippen LogP contribution in [0.2, 0.25) is 0 Å². The van der Waals surface area contributed by atoms with Crippen LogP contribution in [0, 0.1) is 18.8 Å². The summed E-state index contributed by atoms with van der Waals surface area (Å²) in [5.41, 5.74) is 5.92. The number of nitrogens with zero attached hydrogens (tertiary/aromatic N) is 5. The van der Waals surface area contributed by atoms with E-state index in [4.69, 9.17) is 4.74 Å². The zero-order valence-corrected chi connectivity index (χ0v) is 24.5. The van der Waals surface area contributed by atoms with E-state index in [1.54, 1.807) is 23.4 Å². The highest BCUT2D eigenvalue weighted by atomic mass is 16.5. The molecule has 3 aromatic heterocycles. The molecule has 0 spiro atoms. The summed E-state index contributed by atoms with van der Waals surface area (Å²) in [7, 11) is 0. The summed E-state index contributed by atoms with van der Waals surface area (Å²) in [6.45, 7) is 6.05. The van der Waals surface area contributed by atoms with Crippen LogP contribution in [-0.4, -0.2) is 75.5 Å². The Morgan fingerprint density at radius 3 is 2.42 bits per heavy atom. The van der Waals surface area contributed by atoms with Crippen molar-refractivity contribution < 1.29 is 14.3 Å². The van der Waals surface area contributed by atoms with Crippen LogP contribution in [-0.2, 0) is 4.74 Å². The van der Waals surface area contributed by atoms with E-state index in [2.05, 4.69) is 32.7 Å². The molecule has 1 aromatic carbocycles. The van der Waals surface area contributed by atoms with Crippen molar-refractivity contribution in [2.24, 2.45) is 11.8 Å². The van der Waals surface area contributed by atoms with Gasteiger partial charge in [0.25, 0.3) is 5.91 Å². The molecule has 0 atom stereocenters. The van der Waals surface area contributed by atoms with Crippen molar-refractivity contribution >= 4 is 34.8 Å². The highest BCUT2D eigenvalue weighted by Crippen LogP contribution is 2.35. The number of anilines is 3. The predicted molar refractivity (Wildman–Crippen MR) is 166 cm³/mol. The second kappa shape index (κ2) is 11.7. The Hall–Kier alpha value is -4.44. The molecule has 43 heavy (non-hydrogen) atoms. The highest BCUT2D eigenvalue weighted by molar-refractivity contribution is 5.94. The van der Waals surface area contributed by atoms with E-state index in [-0.39, 0.29) is 11.9 Å². The Labute approximate surface area is 251 Å². The van der Waals surface area contributed by atoms with Gasteiger partial charge < -0.3 is 29.6 Å². The summed E-state index contributed by atoms with van der Waals surface area (Å²) in [5, 5.41) is 6.62. The van der Waals surface area contributed by atoms with Crippen LogP contribution >= 0.6 is 0 Å². The highest BCUT2D eigenvalue weighted by Gasteiger charge is 2.31. The molecular formula is C33H37N7O3. The average molecular weight is 580 g/mol. The van der Waals surface area contributed by atoms with Crippen molar-refractivity contribution in [2.75, 3.05) is 50.0 Å². The fourth-order valence-corrected chi connectivity index (χ4v) is 6.69. The topological polar surface area (TPSA) is 104 Å². The van der Waals surface area contributed by atoms with E-state index in [0.717, 1.165) is 46.8 Å². The molecule has 3 aliphatic heterocycles. The molecule has 222 valence electrons. The summed E-state index contributed by atoms with van der Waals surface area (Å²) in [4.78, 5) is 39.1. The number of imidazole rings is 1. The van der Waals surface area contributed by atoms with E-state index in [9.17, 15) is 9.59 Å². The minimum atomic E-state index is -0.0364. The summed E-state index contributed by atoms with van der Waals surface area (Å²) < 4.78 is 7.34. The average Bonchev–Trinajstić information content (AvgIpc) is 3.31. The van der Waals surface area contributed by atoms with E-state index in [1.807, 2.05) is 46.8 Å². The molecular weight excluding hydrogens is 542 g/mol. The van der Waals surface area contributed by atoms with Gasteiger partial charge in [0.2, 0.25) is 0 Å². The number of pyridine rings is 2. The lowest BCUT2D eigenvalue weighted by atomic mass is 9.84. The quantitative estimate of drug-likeness (QED) is 0.320. The molecule has 1 aliphatic carbocycles. The number of carbonyl (C=O) groups excluding carboxylic acids is 2. The van der Waals surface area contributed by atoms with Crippen LogP contribution in [0.15, 0.2) is 61.2 Å². The zero-order valence-electron chi connectivity index (χ0n) is 24.5. The molecule has 3 saturated heterocycles. The minimum Gasteiger partial charge on any atom is -0.378 e. The molecule has 2 N–H and O–H groups in total. The third-order valence-electron chi connectivity index (χ3n) is 9.16. The van der Waals surface area contributed by atoms with Gasteiger partial charge in [0.15, 0.2) is 5.65 Å². The van der Waals surface area contributed by atoms with Crippen molar-refractivity contribution in [1.82, 2.24) is 24.2 Å². The number of hydrogen-bond donors (Lipinski definition) is 2. The number of morpholine rings is 1. The number of fused-ring (bicyclic) bond motifs is 5. The molecule has 0 unspecified atom stereocenters. The van der Waals surface area contributed by atoms with E-state index in [0.29, 0.717) is 49.5 Å². The number of amides is 3. The lowest BCUT2D eigenvalue weighted by Gasteiger charge is -2.26. The van der Waals surface area contributed by atoms with Crippen LogP contribution in [0.3, 0.4) is 0 Å². The van der Waals surface area contributed by atoms with Crippen molar-refractivity contribution in [2.45, 2.75) is 32.6 Å². The second-order valence-corrected chi connectivity index (χ2v) is 12.0. The molecule has 1 saturated carbocycles. The molecule has 8 rings (SSSR count). The standard InChI is InChI=1S/C33H37N7O3/c1-22-27(3-2-4-28(22)37-33(42)40-19-23-5-6-24(20-40)8-7-23)26-17-29(31-34-11-12-39(31)21-26)36-30-10-9-25(18-35-30)32(41)38-13-15-43-16-14-38/h2-4,9-12,17-18,21,23-24H,5-8,13-16,19-20H2,1H3,(H,35,36)(H,37,42). The fraction of sp³-hybridized carbons (Fsp3) is 0.394. The number of carbonyl (C=O) groups is 2. The number of urea groups is 1. The number of hydrogen-bond acceptors (Lipinski definition) is 6. The molecule has 6 heterocycles. The Balaban J connectivity index is 1.12. The first-order valence-electron chi connectivity index (χ1n) is 15.2. The van der Waals surface area contributed by atoms with Crippen molar-refractivity contribution in [1.29, 1.82) is 0 Å². The minimum absolute atomic E-state index is 0.00640. The summed E-state index contributed by atoms with van der Waals surface area (Å²) in [5.74, 6) is 1.83. The van der Waals surface area contributed by atoms with Crippen molar-refractivity contribution in [3.05, 3.63) is 72.3 Å². The normalized spacial score (nSPS) is 20.2. The van der Waals surface area contributed by atoms with Gasteiger partial charge in [0.05, 0.1) is 24.5 Å². The van der Waals surface area contributed by atoms with E-state index in [1.165, 1.54) is 25.7 Å². The van der Waals surface area contributed by atoms with Gasteiger partial charge in [-0.05, 0) is 79.8 Å². The fourth-order valence-electron chi connectivity index (χ4n) is 6.69. The lowest BCUT2D eigenvalue weighted by Crippen LogP contribution is -2.40. The Morgan fingerprint density at radius 2 is 1.70 bits per heavy atom. The van der Waals surface area contributed by atoms with E-state index < -0.39 is 0 Å². The van der Waals surface area contributed by atoms with Crippen LogP contribution in [0.25, 0.3) is 16.8 Å². The summed E-state index contributed by atoms with van der Waals surface area (Å²) in [6.07, 6.45) is 12.3. The lowest BCUT2D eigenvalue weighted by molar-refractivity contribution is 0.0302. The van der Waals surface area contributed by atoms with Gasteiger partial charge in [-0.1, -0.05) is 12.1 Å². The molecule has 3 amide bonds. The third kappa shape index (κ3) is 5.67. The summed E-state index contributed by atoms with van der Waals surface area (Å²) >= 11 is 0. The zero-order chi connectivity index (χ0) is 29.3. The first-order valence-corrected chi connectivity index (χ1v) is 15.2. The molecule has 2 bridgehead atoms. The molecule has 4 fully saturated rings. The van der Waals surface area contributed by atoms with Gasteiger partial charge in [0.1, 0.15) is 5.82 Å². The first-order chi connectivity index (χ1) is 21.0. The van der Waals surface area contributed by atoms with Crippen LogP contribution < -0.4 is 10.6 Å². The van der Waals surface area contributed by atoms with Gasteiger partial charge >= 0.3 is 6.03 Å². The van der Waals surface area contributed by atoms with Crippen LogP contribution in [0.1, 0.15) is 41.6 Å².